The summed E-state index contributed by atoms with van der Waals surface area (Å²) in [6, 6.07) is 4.91. The number of halogens is 3. The summed E-state index contributed by atoms with van der Waals surface area (Å²) in [6.07, 6.45) is -4.41. The van der Waals surface area contributed by atoms with Crippen LogP contribution in [0.2, 0.25) is 0 Å². The SMILES string of the molecule is N#CCn1nnc2ccc(C(F)(F)F)cc21. The molecule has 2 aromatic rings. The molecule has 0 aliphatic heterocycles. The first-order valence-corrected chi connectivity index (χ1v) is 4.30. The van der Waals surface area contributed by atoms with Crippen molar-refractivity contribution in [2.75, 3.05) is 0 Å². The van der Waals surface area contributed by atoms with Crippen molar-refractivity contribution < 1.29 is 13.2 Å². The van der Waals surface area contributed by atoms with Crippen LogP contribution in [0, 0.1) is 11.3 Å². The molecule has 0 radical (unpaired) electrons. The van der Waals surface area contributed by atoms with Crippen molar-refractivity contribution in [2.24, 2.45) is 0 Å². The first-order chi connectivity index (χ1) is 7.52. The predicted octanol–water partition coefficient (Wildman–Crippen LogP) is 1.97. The minimum absolute atomic E-state index is 0.127. The van der Waals surface area contributed by atoms with E-state index in [9.17, 15) is 13.2 Å². The summed E-state index contributed by atoms with van der Waals surface area (Å²) in [6.45, 7) is -0.127. The van der Waals surface area contributed by atoms with Gasteiger partial charge >= 0.3 is 6.18 Å². The molecule has 1 aromatic heterocycles. The fourth-order valence-corrected chi connectivity index (χ4v) is 1.33. The van der Waals surface area contributed by atoms with Crippen LogP contribution in [0.3, 0.4) is 0 Å². The topological polar surface area (TPSA) is 54.5 Å². The van der Waals surface area contributed by atoms with E-state index in [0.29, 0.717) is 5.52 Å². The molecular weight excluding hydrogens is 221 g/mol. The summed E-state index contributed by atoms with van der Waals surface area (Å²) in [5, 5.41) is 15.7. The highest BCUT2D eigenvalue weighted by Crippen LogP contribution is 2.30. The lowest BCUT2D eigenvalue weighted by Crippen LogP contribution is -2.05. The number of hydrogen-bond donors (Lipinski definition) is 0. The summed E-state index contributed by atoms with van der Waals surface area (Å²) in [5.74, 6) is 0. The molecule has 2 rings (SSSR count). The summed E-state index contributed by atoms with van der Waals surface area (Å²) >= 11 is 0. The van der Waals surface area contributed by atoms with Gasteiger partial charge in [0.2, 0.25) is 0 Å². The van der Waals surface area contributed by atoms with Gasteiger partial charge in [-0.2, -0.15) is 18.4 Å². The molecule has 0 spiro atoms. The van der Waals surface area contributed by atoms with E-state index in [1.807, 2.05) is 0 Å². The number of nitrogens with zero attached hydrogens (tertiary/aromatic N) is 4. The highest BCUT2D eigenvalue weighted by Gasteiger charge is 2.30. The molecule has 0 fully saturated rings. The van der Waals surface area contributed by atoms with E-state index in [-0.39, 0.29) is 12.1 Å². The fourth-order valence-electron chi connectivity index (χ4n) is 1.33. The third-order valence-electron chi connectivity index (χ3n) is 2.06. The molecule has 1 aromatic carbocycles. The first kappa shape index (κ1) is 10.4. The Morgan fingerprint density at radius 1 is 1.38 bits per heavy atom. The highest BCUT2D eigenvalue weighted by atomic mass is 19.4. The van der Waals surface area contributed by atoms with Crippen molar-refractivity contribution in [3.05, 3.63) is 23.8 Å². The Hall–Kier alpha value is -2.10. The maximum atomic E-state index is 12.4. The van der Waals surface area contributed by atoms with Crippen molar-refractivity contribution in [2.45, 2.75) is 12.7 Å². The van der Waals surface area contributed by atoms with Crippen LogP contribution in [-0.2, 0) is 12.7 Å². The Morgan fingerprint density at radius 3 is 2.75 bits per heavy atom. The van der Waals surface area contributed by atoms with Gasteiger partial charge < -0.3 is 0 Å². The zero-order chi connectivity index (χ0) is 11.8. The van der Waals surface area contributed by atoms with Crippen molar-refractivity contribution >= 4 is 11.0 Å². The molecule has 0 saturated heterocycles. The van der Waals surface area contributed by atoms with Gasteiger partial charge in [-0.1, -0.05) is 5.21 Å². The minimum Gasteiger partial charge on any atom is -0.230 e. The Labute approximate surface area is 87.9 Å². The highest BCUT2D eigenvalue weighted by molar-refractivity contribution is 5.75. The summed E-state index contributed by atoms with van der Waals surface area (Å²) in [7, 11) is 0. The Kier molecular flexibility index (Phi) is 2.27. The number of fused-ring (bicyclic) bond motifs is 1. The van der Waals surface area contributed by atoms with Crippen LogP contribution in [0.4, 0.5) is 13.2 Å². The van der Waals surface area contributed by atoms with Crippen LogP contribution in [0.25, 0.3) is 11.0 Å². The molecule has 0 unspecified atom stereocenters. The van der Waals surface area contributed by atoms with Crippen LogP contribution >= 0.6 is 0 Å². The van der Waals surface area contributed by atoms with E-state index in [2.05, 4.69) is 10.3 Å². The second kappa shape index (κ2) is 3.48. The normalized spacial score (nSPS) is 11.6. The van der Waals surface area contributed by atoms with Crippen LogP contribution in [0.15, 0.2) is 18.2 Å². The van der Waals surface area contributed by atoms with E-state index in [1.54, 1.807) is 6.07 Å². The monoisotopic (exact) mass is 226 g/mol. The molecule has 0 saturated carbocycles. The van der Waals surface area contributed by atoms with Crippen molar-refractivity contribution in [1.82, 2.24) is 15.0 Å². The molecule has 16 heavy (non-hydrogen) atoms. The van der Waals surface area contributed by atoms with E-state index in [1.165, 1.54) is 6.07 Å². The molecule has 82 valence electrons. The Balaban J connectivity index is 2.60. The fraction of sp³-hybridized carbons (Fsp3) is 0.222. The lowest BCUT2D eigenvalue weighted by molar-refractivity contribution is -0.137. The Morgan fingerprint density at radius 2 is 2.12 bits per heavy atom. The van der Waals surface area contributed by atoms with Gasteiger partial charge in [0.05, 0.1) is 17.1 Å². The van der Waals surface area contributed by atoms with E-state index < -0.39 is 11.7 Å². The van der Waals surface area contributed by atoms with Gasteiger partial charge in [-0.3, -0.25) is 0 Å². The van der Waals surface area contributed by atoms with Gasteiger partial charge in [-0.25, -0.2) is 4.68 Å². The molecule has 0 bridgehead atoms. The van der Waals surface area contributed by atoms with Crippen LogP contribution < -0.4 is 0 Å². The van der Waals surface area contributed by atoms with E-state index in [4.69, 9.17) is 5.26 Å². The van der Waals surface area contributed by atoms with Gasteiger partial charge in [0.15, 0.2) is 0 Å². The zero-order valence-electron chi connectivity index (χ0n) is 7.86. The second-order valence-electron chi connectivity index (χ2n) is 3.11. The van der Waals surface area contributed by atoms with E-state index >= 15 is 0 Å². The van der Waals surface area contributed by atoms with Gasteiger partial charge in [0.1, 0.15) is 12.1 Å². The van der Waals surface area contributed by atoms with E-state index in [0.717, 1.165) is 16.8 Å². The average molecular weight is 226 g/mol. The average Bonchev–Trinajstić information content (AvgIpc) is 2.60. The zero-order valence-corrected chi connectivity index (χ0v) is 7.86. The maximum absolute atomic E-state index is 12.4. The Bertz CT molecular complexity index is 564. The van der Waals surface area contributed by atoms with Gasteiger partial charge in [-0.15, -0.1) is 5.10 Å². The summed E-state index contributed by atoms with van der Waals surface area (Å²) in [5.41, 5.74) is -0.235. The molecular formula is C9H5F3N4. The van der Waals surface area contributed by atoms with Gasteiger partial charge in [-0.05, 0) is 18.2 Å². The van der Waals surface area contributed by atoms with Crippen LogP contribution in [0.5, 0.6) is 0 Å². The molecule has 0 N–H and O–H groups in total. The lowest BCUT2D eigenvalue weighted by atomic mass is 10.2. The standard InChI is InChI=1S/C9H5F3N4/c10-9(11,12)6-1-2-7-8(5-6)16(4-3-13)15-14-7/h1-2,5H,4H2. The van der Waals surface area contributed by atoms with Crippen LogP contribution in [-0.4, -0.2) is 15.0 Å². The van der Waals surface area contributed by atoms with Gasteiger partial charge in [0.25, 0.3) is 0 Å². The minimum atomic E-state index is -4.41. The summed E-state index contributed by atoms with van der Waals surface area (Å²) < 4.78 is 38.4. The number of aromatic nitrogens is 3. The summed E-state index contributed by atoms with van der Waals surface area (Å²) in [4.78, 5) is 0. The third kappa shape index (κ3) is 1.69. The van der Waals surface area contributed by atoms with Crippen LogP contribution in [0.1, 0.15) is 5.56 Å². The maximum Gasteiger partial charge on any atom is 0.416 e. The second-order valence-corrected chi connectivity index (χ2v) is 3.11. The smallest absolute Gasteiger partial charge is 0.230 e. The molecule has 1 heterocycles. The number of hydrogen-bond acceptors (Lipinski definition) is 3. The molecule has 7 heteroatoms. The molecule has 0 atom stereocenters. The van der Waals surface area contributed by atoms with Crippen molar-refractivity contribution in [3.8, 4) is 6.07 Å². The molecule has 0 aliphatic rings. The number of alkyl halides is 3. The largest absolute Gasteiger partial charge is 0.416 e. The van der Waals surface area contributed by atoms with Gasteiger partial charge in [0, 0.05) is 0 Å². The molecule has 4 nitrogen and oxygen atoms in total. The first-order valence-electron chi connectivity index (χ1n) is 4.30. The molecule has 0 aliphatic carbocycles. The third-order valence-corrected chi connectivity index (χ3v) is 2.06. The number of benzene rings is 1. The quantitative estimate of drug-likeness (QED) is 0.746. The van der Waals surface area contributed by atoms with Crippen molar-refractivity contribution in [1.29, 1.82) is 5.26 Å². The number of nitriles is 1. The molecule has 0 amide bonds. The lowest BCUT2D eigenvalue weighted by Gasteiger charge is -2.05. The van der Waals surface area contributed by atoms with Crippen molar-refractivity contribution in [3.63, 3.8) is 0 Å². The predicted molar refractivity (Wildman–Crippen MR) is 48.1 cm³/mol. The number of rotatable bonds is 1.